The first kappa shape index (κ1) is 29.1. The number of likely N-dealkylation sites (N-methyl/N-ethyl adjacent to an activating group) is 1. The third kappa shape index (κ3) is 7.83. The van der Waals surface area contributed by atoms with E-state index < -0.39 is 17.4 Å². The SMILES string of the molecule is CC(=C[C@H](C(C)C)N(C)C(=O)[C@@H](NC(=O)[C@H]1CCCCN1C(C)C(C)C)C(C)(C)C)C(=O)O. The summed E-state index contributed by atoms with van der Waals surface area (Å²) in [6.45, 7) is 18.7. The van der Waals surface area contributed by atoms with Crippen LogP contribution >= 0.6 is 0 Å². The molecule has 1 aliphatic rings. The average molecular weight is 466 g/mol. The number of likely N-dealkylation sites (tertiary alicyclic amines) is 1. The Morgan fingerprint density at radius 3 is 2.09 bits per heavy atom. The van der Waals surface area contributed by atoms with E-state index in [4.69, 9.17) is 0 Å². The van der Waals surface area contributed by atoms with Crippen molar-refractivity contribution < 1.29 is 19.5 Å². The lowest BCUT2D eigenvalue weighted by Gasteiger charge is -2.42. The molecule has 0 radical (unpaired) electrons. The summed E-state index contributed by atoms with van der Waals surface area (Å²) in [4.78, 5) is 42.4. The van der Waals surface area contributed by atoms with Gasteiger partial charge >= 0.3 is 5.97 Å². The molecule has 0 saturated carbocycles. The van der Waals surface area contributed by atoms with Crippen LogP contribution in [-0.2, 0) is 14.4 Å². The number of rotatable bonds is 9. The highest BCUT2D eigenvalue weighted by molar-refractivity contribution is 5.91. The number of amides is 2. The molecule has 7 nitrogen and oxygen atoms in total. The Labute approximate surface area is 201 Å². The Morgan fingerprint density at radius 1 is 1.06 bits per heavy atom. The molecule has 0 spiro atoms. The lowest BCUT2D eigenvalue weighted by molar-refractivity contribution is -0.142. The molecular formula is C26H47N3O4. The molecule has 190 valence electrons. The van der Waals surface area contributed by atoms with E-state index in [9.17, 15) is 19.5 Å². The number of piperidine rings is 1. The van der Waals surface area contributed by atoms with Gasteiger partial charge in [-0.1, -0.05) is 61.0 Å². The van der Waals surface area contributed by atoms with Crippen LogP contribution < -0.4 is 5.32 Å². The van der Waals surface area contributed by atoms with Gasteiger partial charge in [0.2, 0.25) is 11.8 Å². The van der Waals surface area contributed by atoms with Crippen LogP contribution in [0.2, 0.25) is 0 Å². The zero-order chi connectivity index (χ0) is 25.7. The highest BCUT2D eigenvalue weighted by Crippen LogP contribution is 2.27. The third-order valence-electron chi connectivity index (χ3n) is 6.97. The molecule has 1 aliphatic heterocycles. The molecule has 1 saturated heterocycles. The first-order valence-corrected chi connectivity index (χ1v) is 12.3. The summed E-state index contributed by atoms with van der Waals surface area (Å²) in [5, 5.41) is 12.4. The Hall–Kier alpha value is -1.89. The minimum Gasteiger partial charge on any atom is -0.478 e. The van der Waals surface area contributed by atoms with E-state index in [-0.39, 0.29) is 41.4 Å². The van der Waals surface area contributed by atoms with Gasteiger partial charge in [-0.15, -0.1) is 0 Å². The van der Waals surface area contributed by atoms with Crippen LogP contribution in [0.5, 0.6) is 0 Å². The zero-order valence-corrected chi connectivity index (χ0v) is 22.4. The van der Waals surface area contributed by atoms with Crippen LogP contribution in [0.3, 0.4) is 0 Å². The van der Waals surface area contributed by atoms with Crippen molar-refractivity contribution in [1.82, 2.24) is 15.1 Å². The molecule has 7 heteroatoms. The Bertz CT molecular complexity index is 724. The number of carboxylic acids is 1. The van der Waals surface area contributed by atoms with E-state index in [0.717, 1.165) is 25.8 Å². The van der Waals surface area contributed by atoms with Crippen molar-refractivity contribution >= 4 is 17.8 Å². The van der Waals surface area contributed by atoms with Crippen molar-refractivity contribution in [3.63, 3.8) is 0 Å². The molecule has 0 aromatic heterocycles. The monoisotopic (exact) mass is 465 g/mol. The van der Waals surface area contributed by atoms with E-state index in [2.05, 4.69) is 31.0 Å². The van der Waals surface area contributed by atoms with Crippen molar-refractivity contribution in [2.24, 2.45) is 17.3 Å². The lowest BCUT2D eigenvalue weighted by atomic mass is 9.84. The van der Waals surface area contributed by atoms with E-state index in [1.54, 1.807) is 18.0 Å². The number of carbonyl (C=O) groups excluding carboxylic acids is 2. The maximum Gasteiger partial charge on any atom is 0.331 e. The summed E-state index contributed by atoms with van der Waals surface area (Å²) >= 11 is 0. The largest absolute Gasteiger partial charge is 0.478 e. The predicted molar refractivity (Wildman–Crippen MR) is 133 cm³/mol. The standard InChI is InChI=1S/C26H47N3O4/c1-16(2)19(6)29-14-12-11-13-20(29)23(30)27-22(26(7,8)9)24(31)28(10)21(17(3)4)15-18(5)25(32)33/h15-17,19-22H,11-14H2,1-10H3,(H,27,30)(H,32,33)/t19?,20-,21-,22-/m1/s1. The summed E-state index contributed by atoms with van der Waals surface area (Å²) in [5.41, 5.74) is -0.303. The molecule has 0 bridgehead atoms. The summed E-state index contributed by atoms with van der Waals surface area (Å²) in [5.74, 6) is -0.852. The highest BCUT2D eigenvalue weighted by Gasteiger charge is 2.40. The molecule has 0 aromatic rings. The fourth-order valence-electron chi connectivity index (χ4n) is 4.42. The van der Waals surface area contributed by atoms with Gasteiger partial charge in [0.05, 0.1) is 12.1 Å². The maximum absolute atomic E-state index is 13.6. The molecule has 1 fully saturated rings. The number of nitrogens with zero attached hydrogens (tertiary/aromatic N) is 2. The quantitative estimate of drug-likeness (QED) is 0.504. The molecule has 0 aromatic carbocycles. The maximum atomic E-state index is 13.6. The first-order valence-electron chi connectivity index (χ1n) is 12.3. The van der Waals surface area contributed by atoms with Crippen LogP contribution in [0.4, 0.5) is 0 Å². The van der Waals surface area contributed by atoms with Crippen molar-refractivity contribution in [3.8, 4) is 0 Å². The molecule has 0 aliphatic carbocycles. The van der Waals surface area contributed by atoms with E-state index in [0.29, 0.717) is 5.92 Å². The molecule has 4 atom stereocenters. The van der Waals surface area contributed by atoms with Crippen LogP contribution in [0.25, 0.3) is 0 Å². The topological polar surface area (TPSA) is 90.0 Å². The van der Waals surface area contributed by atoms with Gasteiger partial charge in [-0.05, 0) is 50.5 Å². The van der Waals surface area contributed by atoms with Crippen LogP contribution in [-0.4, -0.2) is 70.4 Å². The van der Waals surface area contributed by atoms with Crippen LogP contribution in [0.1, 0.15) is 81.6 Å². The fraction of sp³-hybridized carbons (Fsp3) is 0.808. The zero-order valence-electron chi connectivity index (χ0n) is 22.4. The normalized spacial score (nSPS) is 21.0. The Balaban J connectivity index is 3.18. The number of hydrogen-bond acceptors (Lipinski definition) is 4. The van der Waals surface area contributed by atoms with Gasteiger partial charge in [-0.3, -0.25) is 14.5 Å². The second kappa shape index (κ2) is 12.0. The lowest BCUT2D eigenvalue weighted by Crippen LogP contribution is -2.61. The van der Waals surface area contributed by atoms with Crippen LogP contribution in [0, 0.1) is 17.3 Å². The number of carbonyl (C=O) groups is 3. The van der Waals surface area contributed by atoms with Crippen molar-refractivity contribution in [2.45, 2.75) is 106 Å². The average Bonchev–Trinajstić information content (AvgIpc) is 2.72. The van der Waals surface area contributed by atoms with Crippen molar-refractivity contribution in [2.75, 3.05) is 13.6 Å². The minimum atomic E-state index is -1.00. The van der Waals surface area contributed by atoms with Gasteiger partial charge in [0.1, 0.15) is 6.04 Å². The minimum absolute atomic E-state index is 0.0188. The van der Waals surface area contributed by atoms with Gasteiger partial charge in [0.15, 0.2) is 0 Å². The highest BCUT2D eigenvalue weighted by atomic mass is 16.4. The second-order valence-corrected chi connectivity index (χ2v) is 11.4. The number of aliphatic carboxylic acids is 1. The molecule has 1 rings (SSSR count). The number of carboxylic acid groups (broad SMARTS) is 1. The molecule has 2 N–H and O–H groups in total. The predicted octanol–water partition coefficient (Wildman–Crippen LogP) is 3.93. The van der Waals surface area contributed by atoms with Gasteiger partial charge in [-0.2, -0.15) is 0 Å². The van der Waals surface area contributed by atoms with E-state index >= 15 is 0 Å². The fourth-order valence-corrected chi connectivity index (χ4v) is 4.42. The Morgan fingerprint density at radius 2 is 1.64 bits per heavy atom. The third-order valence-corrected chi connectivity index (χ3v) is 6.97. The molecule has 1 heterocycles. The van der Waals surface area contributed by atoms with E-state index in [1.807, 2.05) is 34.6 Å². The first-order chi connectivity index (χ1) is 15.1. The second-order valence-electron chi connectivity index (χ2n) is 11.4. The summed E-state index contributed by atoms with van der Waals surface area (Å²) in [6, 6.07) is -1.06. The molecule has 2 amide bonds. The summed E-state index contributed by atoms with van der Waals surface area (Å²) in [7, 11) is 1.69. The van der Waals surface area contributed by atoms with Gasteiger partial charge in [0, 0.05) is 18.7 Å². The summed E-state index contributed by atoms with van der Waals surface area (Å²) < 4.78 is 0. The molecule has 33 heavy (non-hydrogen) atoms. The smallest absolute Gasteiger partial charge is 0.331 e. The van der Waals surface area contributed by atoms with Gasteiger partial charge < -0.3 is 15.3 Å². The van der Waals surface area contributed by atoms with Crippen molar-refractivity contribution in [3.05, 3.63) is 11.6 Å². The Kier molecular flexibility index (Phi) is 10.6. The van der Waals surface area contributed by atoms with Gasteiger partial charge in [-0.25, -0.2) is 4.79 Å². The molecular weight excluding hydrogens is 418 g/mol. The van der Waals surface area contributed by atoms with E-state index in [1.165, 1.54) is 6.92 Å². The number of nitrogens with one attached hydrogen (secondary N) is 1. The van der Waals surface area contributed by atoms with Gasteiger partial charge in [0.25, 0.3) is 0 Å². The van der Waals surface area contributed by atoms with Crippen molar-refractivity contribution in [1.29, 1.82) is 0 Å². The molecule has 1 unspecified atom stereocenters. The summed E-state index contributed by atoms with van der Waals surface area (Å²) in [6.07, 6.45) is 4.50. The number of hydrogen-bond donors (Lipinski definition) is 2. The van der Waals surface area contributed by atoms with Crippen LogP contribution in [0.15, 0.2) is 11.6 Å².